The molecule has 0 radical (unpaired) electrons. The molecule has 0 saturated heterocycles. The zero-order valence-electron chi connectivity index (χ0n) is 14.4. The van der Waals surface area contributed by atoms with Crippen molar-refractivity contribution < 1.29 is 14.7 Å². The maximum atomic E-state index is 12.3. The molecule has 6 nitrogen and oxygen atoms in total. The number of nitrogens with one attached hydrogen (secondary N) is 2. The Kier molecular flexibility index (Phi) is 5.07. The molecule has 1 unspecified atom stereocenters. The normalized spacial score (nSPS) is 12.7. The van der Waals surface area contributed by atoms with Gasteiger partial charge in [0.2, 0.25) is 0 Å². The number of carbonyl (C=O) groups is 2. The third kappa shape index (κ3) is 4.44. The lowest BCUT2D eigenvalue weighted by Gasteiger charge is -2.21. The largest absolute Gasteiger partial charge is 0.481 e. The highest BCUT2D eigenvalue weighted by Crippen LogP contribution is 2.25. The van der Waals surface area contributed by atoms with E-state index in [4.69, 9.17) is 5.11 Å². The summed E-state index contributed by atoms with van der Waals surface area (Å²) in [6, 6.07) is 7.07. The van der Waals surface area contributed by atoms with Crippen molar-refractivity contribution in [3.63, 3.8) is 0 Å². The Morgan fingerprint density at radius 2 is 1.88 bits per heavy atom. The molecule has 2 aromatic rings. The second-order valence-corrected chi connectivity index (χ2v) is 6.88. The molecule has 1 heterocycles. The monoisotopic (exact) mass is 329 g/mol. The maximum absolute atomic E-state index is 12.3. The van der Waals surface area contributed by atoms with Crippen LogP contribution in [0.4, 0.5) is 0 Å². The molecule has 0 spiro atoms. The van der Waals surface area contributed by atoms with Crippen molar-refractivity contribution in [1.29, 1.82) is 0 Å². The summed E-state index contributed by atoms with van der Waals surface area (Å²) in [4.78, 5) is 30.3. The van der Waals surface area contributed by atoms with Crippen molar-refractivity contribution in [2.45, 2.75) is 45.6 Å². The molecule has 0 fully saturated rings. The SMILES string of the molecule is Cc1ncc(C(=O)NC(CC(=O)O)c2ccc(C(C)(C)C)cc2)[nH]1. The fourth-order valence-electron chi connectivity index (χ4n) is 2.41. The Hall–Kier alpha value is -2.63. The van der Waals surface area contributed by atoms with E-state index in [9.17, 15) is 9.59 Å². The van der Waals surface area contributed by atoms with Crippen LogP contribution in [0.15, 0.2) is 30.5 Å². The molecule has 1 amide bonds. The predicted octanol–water partition coefficient (Wildman–Crippen LogP) is 2.96. The molecule has 6 heteroatoms. The van der Waals surface area contributed by atoms with Crippen LogP contribution >= 0.6 is 0 Å². The van der Waals surface area contributed by atoms with Gasteiger partial charge < -0.3 is 15.4 Å². The molecule has 0 aliphatic heterocycles. The lowest BCUT2D eigenvalue weighted by molar-refractivity contribution is -0.137. The second-order valence-electron chi connectivity index (χ2n) is 6.88. The number of aromatic amines is 1. The number of aryl methyl sites for hydroxylation is 1. The number of aliphatic carboxylic acids is 1. The minimum absolute atomic E-state index is 0.0114. The smallest absolute Gasteiger partial charge is 0.305 e. The third-order valence-corrected chi connectivity index (χ3v) is 3.81. The van der Waals surface area contributed by atoms with Gasteiger partial charge in [-0.1, -0.05) is 45.0 Å². The first-order chi connectivity index (χ1) is 11.2. The molecule has 0 saturated carbocycles. The highest BCUT2D eigenvalue weighted by atomic mass is 16.4. The summed E-state index contributed by atoms with van der Waals surface area (Å²) in [5.41, 5.74) is 2.23. The number of hydrogen-bond acceptors (Lipinski definition) is 3. The topological polar surface area (TPSA) is 95.1 Å². The number of imidazole rings is 1. The molecule has 128 valence electrons. The van der Waals surface area contributed by atoms with Crippen LogP contribution in [0.25, 0.3) is 0 Å². The first-order valence-electron chi connectivity index (χ1n) is 7.81. The molecule has 0 bridgehead atoms. The first kappa shape index (κ1) is 17.7. The highest BCUT2D eigenvalue weighted by molar-refractivity contribution is 5.92. The zero-order chi connectivity index (χ0) is 17.9. The Balaban J connectivity index is 2.21. The van der Waals surface area contributed by atoms with Gasteiger partial charge in [-0.2, -0.15) is 0 Å². The van der Waals surface area contributed by atoms with Crippen LogP contribution in [-0.2, 0) is 10.2 Å². The van der Waals surface area contributed by atoms with Gasteiger partial charge >= 0.3 is 5.97 Å². The van der Waals surface area contributed by atoms with Crippen LogP contribution < -0.4 is 5.32 Å². The molecule has 1 atom stereocenters. The summed E-state index contributed by atoms with van der Waals surface area (Å²) in [6.45, 7) is 8.08. The third-order valence-electron chi connectivity index (χ3n) is 3.81. The lowest BCUT2D eigenvalue weighted by atomic mass is 9.86. The number of carboxylic acids is 1. The fraction of sp³-hybridized carbons (Fsp3) is 0.389. The molecule has 2 rings (SSSR count). The van der Waals surface area contributed by atoms with Gasteiger partial charge in [-0.15, -0.1) is 0 Å². The van der Waals surface area contributed by atoms with E-state index in [2.05, 4.69) is 36.1 Å². The van der Waals surface area contributed by atoms with Crippen molar-refractivity contribution in [2.75, 3.05) is 0 Å². The molecular formula is C18H23N3O3. The van der Waals surface area contributed by atoms with Gasteiger partial charge in [0.05, 0.1) is 18.7 Å². The second kappa shape index (κ2) is 6.86. The van der Waals surface area contributed by atoms with Gasteiger partial charge in [0.1, 0.15) is 11.5 Å². The number of H-pyrrole nitrogens is 1. The number of aromatic nitrogens is 2. The van der Waals surface area contributed by atoms with E-state index in [1.54, 1.807) is 6.92 Å². The molecular weight excluding hydrogens is 306 g/mol. The Morgan fingerprint density at radius 1 is 1.25 bits per heavy atom. The summed E-state index contributed by atoms with van der Waals surface area (Å²) < 4.78 is 0. The van der Waals surface area contributed by atoms with E-state index in [-0.39, 0.29) is 17.7 Å². The molecule has 1 aromatic carbocycles. The van der Waals surface area contributed by atoms with Gasteiger partial charge in [-0.05, 0) is 23.5 Å². The average Bonchev–Trinajstić information content (AvgIpc) is 2.92. The van der Waals surface area contributed by atoms with Crippen molar-refractivity contribution in [1.82, 2.24) is 15.3 Å². The number of carbonyl (C=O) groups excluding carboxylic acids is 1. The minimum Gasteiger partial charge on any atom is -0.481 e. The van der Waals surface area contributed by atoms with Crippen LogP contribution in [0.3, 0.4) is 0 Å². The van der Waals surface area contributed by atoms with E-state index in [1.165, 1.54) is 6.20 Å². The number of hydrogen-bond donors (Lipinski definition) is 3. The molecule has 24 heavy (non-hydrogen) atoms. The van der Waals surface area contributed by atoms with E-state index >= 15 is 0 Å². The molecule has 0 aliphatic carbocycles. The number of nitrogens with zero attached hydrogens (tertiary/aromatic N) is 1. The standard InChI is InChI=1S/C18H23N3O3/c1-11-19-10-15(20-11)17(24)21-14(9-16(22)23)12-5-7-13(8-6-12)18(2,3)4/h5-8,10,14H,9H2,1-4H3,(H,19,20)(H,21,24)(H,22,23). The minimum atomic E-state index is -0.971. The number of rotatable bonds is 5. The maximum Gasteiger partial charge on any atom is 0.305 e. The summed E-state index contributed by atoms with van der Waals surface area (Å²) in [5.74, 6) is -0.716. The van der Waals surface area contributed by atoms with E-state index in [0.717, 1.165) is 11.1 Å². The van der Waals surface area contributed by atoms with Gasteiger partial charge in [-0.3, -0.25) is 9.59 Å². The zero-order valence-corrected chi connectivity index (χ0v) is 14.4. The summed E-state index contributed by atoms with van der Waals surface area (Å²) in [7, 11) is 0. The molecule has 0 aliphatic rings. The highest BCUT2D eigenvalue weighted by Gasteiger charge is 2.21. The molecule has 3 N–H and O–H groups in total. The fourth-order valence-corrected chi connectivity index (χ4v) is 2.41. The van der Waals surface area contributed by atoms with Crippen molar-refractivity contribution in [3.8, 4) is 0 Å². The van der Waals surface area contributed by atoms with Crippen LogP contribution in [-0.4, -0.2) is 27.0 Å². The predicted molar refractivity (Wildman–Crippen MR) is 90.9 cm³/mol. The van der Waals surface area contributed by atoms with Gasteiger partial charge in [0, 0.05) is 0 Å². The first-order valence-corrected chi connectivity index (χ1v) is 7.81. The summed E-state index contributed by atoms with van der Waals surface area (Å²) >= 11 is 0. The van der Waals surface area contributed by atoms with Crippen molar-refractivity contribution >= 4 is 11.9 Å². The number of benzene rings is 1. The molecule has 1 aromatic heterocycles. The van der Waals surface area contributed by atoms with Gasteiger partial charge in [-0.25, -0.2) is 4.98 Å². The van der Waals surface area contributed by atoms with E-state index in [0.29, 0.717) is 11.5 Å². The Bertz CT molecular complexity index is 727. The van der Waals surface area contributed by atoms with Crippen LogP contribution in [0.1, 0.15) is 60.7 Å². The lowest BCUT2D eigenvalue weighted by Crippen LogP contribution is -2.30. The Labute approximate surface area is 141 Å². The average molecular weight is 329 g/mol. The van der Waals surface area contributed by atoms with Gasteiger partial charge in [0.25, 0.3) is 5.91 Å². The summed E-state index contributed by atoms with van der Waals surface area (Å²) in [6.07, 6.45) is 1.25. The Morgan fingerprint density at radius 3 is 2.33 bits per heavy atom. The van der Waals surface area contributed by atoms with Crippen molar-refractivity contribution in [2.24, 2.45) is 0 Å². The van der Waals surface area contributed by atoms with Crippen molar-refractivity contribution in [3.05, 3.63) is 53.1 Å². The quantitative estimate of drug-likeness (QED) is 0.786. The van der Waals surface area contributed by atoms with E-state index in [1.807, 2.05) is 24.3 Å². The number of amides is 1. The van der Waals surface area contributed by atoms with E-state index < -0.39 is 12.0 Å². The number of carboxylic acid groups (broad SMARTS) is 1. The van der Waals surface area contributed by atoms with Gasteiger partial charge in [0.15, 0.2) is 0 Å². The van der Waals surface area contributed by atoms with Crippen LogP contribution in [0.5, 0.6) is 0 Å². The van der Waals surface area contributed by atoms with Crippen LogP contribution in [0, 0.1) is 6.92 Å². The summed E-state index contributed by atoms with van der Waals surface area (Å²) in [5, 5.41) is 11.9. The van der Waals surface area contributed by atoms with Crippen LogP contribution in [0.2, 0.25) is 0 Å².